The molecule has 2 aromatic rings. The molecule has 0 aliphatic heterocycles. The van der Waals surface area contributed by atoms with Crippen LogP contribution in [0.4, 0.5) is 0 Å². The normalized spacial score (nSPS) is 11.7. The fraction of sp³-hybridized carbons (Fsp3) is 0.500. The molecule has 98 valence electrons. The van der Waals surface area contributed by atoms with E-state index in [0.717, 1.165) is 24.3 Å². The van der Waals surface area contributed by atoms with Crippen LogP contribution in [0.25, 0.3) is 11.0 Å². The van der Waals surface area contributed by atoms with Gasteiger partial charge in [-0.05, 0) is 43.5 Å². The first kappa shape index (κ1) is 13.2. The minimum Gasteiger partial charge on any atom is -0.459 e. The minimum absolute atomic E-state index is 0.478. The number of hydrogen-bond acceptors (Lipinski definition) is 2. The van der Waals surface area contributed by atoms with Gasteiger partial charge in [0.15, 0.2) is 0 Å². The maximum atomic E-state index is 6.01. The van der Waals surface area contributed by atoms with Crippen LogP contribution in [0.15, 0.2) is 16.5 Å². The molecule has 1 N–H and O–H groups in total. The number of nitrogens with one attached hydrogen (secondary N) is 1. The van der Waals surface area contributed by atoms with Crippen LogP contribution >= 0.6 is 0 Å². The smallest absolute Gasteiger partial charge is 0.134 e. The van der Waals surface area contributed by atoms with Gasteiger partial charge in [0.05, 0.1) is 6.54 Å². The lowest BCUT2D eigenvalue weighted by molar-refractivity contribution is 0.483. The molecule has 2 heteroatoms. The van der Waals surface area contributed by atoms with E-state index in [2.05, 4.69) is 52.1 Å². The lowest BCUT2D eigenvalue weighted by atomic mass is 10.0. The van der Waals surface area contributed by atoms with E-state index in [9.17, 15) is 0 Å². The Bertz CT molecular complexity index is 552. The van der Waals surface area contributed by atoms with E-state index in [-0.39, 0.29) is 0 Å². The molecule has 2 rings (SSSR count). The Balaban J connectivity index is 2.47. The molecule has 0 amide bonds. The molecule has 0 bridgehead atoms. The summed E-state index contributed by atoms with van der Waals surface area (Å²) in [5, 5.41) is 4.71. The highest BCUT2D eigenvalue weighted by Crippen LogP contribution is 2.29. The fourth-order valence-electron chi connectivity index (χ4n) is 2.28. The third kappa shape index (κ3) is 2.44. The molecule has 1 aromatic heterocycles. The molecule has 0 aliphatic carbocycles. The van der Waals surface area contributed by atoms with Gasteiger partial charge in [-0.3, -0.25) is 0 Å². The Labute approximate surface area is 109 Å². The number of benzene rings is 1. The summed E-state index contributed by atoms with van der Waals surface area (Å²) in [7, 11) is 0. The molecule has 0 saturated carbocycles. The maximum Gasteiger partial charge on any atom is 0.134 e. The Morgan fingerprint density at radius 2 is 1.83 bits per heavy atom. The van der Waals surface area contributed by atoms with Crippen LogP contribution in [0.3, 0.4) is 0 Å². The monoisotopic (exact) mass is 245 g/mol. The largest absolute Gasteiger partial charge is 0.459 e. The molecule has 0 atom stereocenters. The molecule has 18 heavy (non-hydrogen) atoms. The molecule has 0 unspecified atom stereocenters. The van der Waals surface area contributed by atoms with Gasteiger partial charge in [0.1, 0.15) is 11.3 Å². The van der Waals surface area contributed by atoms with Gasteiger partial charge < -0.3 is 9.73 Å². The van der Waals surface area contributed by atoms with E-state index < -0.39 is 0 Å². The second-order valence-electron chi connectivity index (χ2n) is 5.33. The summed E-state index contributed by atoms with van der Waals surface area (Å²) in [4.78, 5) is 0. The van der Waals surface area contributed by atoms with Crippen LogP contribution in [-0.2, 0) is 13.0 Å². The summed E-state index contributed by atoms with van der Waals surface area (Å²) < 4.78 is 6.01. The van der Waals surface area contributed by atoms with E-state index in [1.807, 2.05) is 0 Å². The van der Waals surface area contributed by atoms with Gasteiger partial charge in [-0.1, -0.05) is 20.8 Å². The van der Waals surface area contributed by atoms with E-state index in [1.165, 1.54) is 22.1 Å². The second kappa shape index (κ2) is 5.15. The van der Waals surface area contributed by atoms with Gasteiger partial charge in [0, 0.05) is 17.0 Å². The number of fused-ring (bicyclic) bond motifs is 1. The molecule has 0 aliphatic rings. The van der Waals surface area contributed by atoms with Crippen molar-refractivity contribution in [2.45, 2.75) is 53.6 Å². The Morgan fingerprint density at radius 3 is 2.44 bits per heavy atom. The van der Waals surface area contributed by atoms with E-state index in [1.54, 1.807) is 0 Å². The molecule has 0 fully saturated rings. The van der Waals surface area contributed by atoms with Crippen LogP contribution in [0.1, 0.15) is 43.2 Å². The fourth-order valence-corrected chi connectivity index (χ4v) is 2.28. The van der Waals surface area contributed by atoms with Crippen molar-refractivity contribution in [2.24, 2.45) is 0 Å². The molecular weight excluding hydrogens is 222 g/mol. The number of furan rings is 1. The zero-order valence-corrected chi connectivity index (χ0v) is 12.1. The van der Waals surface area contributed by atoms with Gasteiger partial charge >= 0.3 is 0 Å². The third-order valence-corrected chi connectivity index (χ3v) is 3.52. The highest BCUT2D eigenvalue weighted by Gasteiger charge is 2.13. The highest BCUT2D eigenvalue weighted by molar-refractivity contribution is 5.83. The molecule has 0 saturated heterocycles. The van der Waals surface area contributed by atoms with Crippen molar-refractivity contribution >= 4 is 11.0 Å². The number of aryl methyl sites for hydroxylation is 3. The zero-order valence-electron chi connectivity index (χ0n) is 12.1. The molecular formula is C16H23NO. The molecule has 0 radical (unpaired) electrons. The van der Waals surface area contributed by atoms with Crippen molar-refractivity contribution in [3.8, 4) is 0 Å². The Hall–Kier alpha value is -1.28. The van der Waals surface area contributed by atoms with Crippen LogP contribution in [0, 0.1) is 13.8 Å². The summed E-state index contributed by atoms with van der Waals surface area (Å²) in [6.07, 6.45) is 1.02. The predicted molar refractivity (Wildman–Crippen MR) is 77.0 cm³/mol. The summed E-state index contributed by atoms with van der Waals surface area (Å²) in [6, 6.07) is 4.89. The van der Waals surface area contributed by atoms with Crippen molar-refractivity contribution in [1.82, 2.24) is 5.32 Å². The Morgan fingerprint density at radius 1 is 1.17 bits per heavy atom. The quantitative estimate of drug-likeness (QED) is 0.877. The summed E-state index contributed by atoms with van der Waals surface area (Å²) in [5.41, 5.74) is 5.00. The SMILES string of the molecule is CCc1c(CNC(C)C)oc2cc(C)c(C)cc12. The van der Waals surface area contributed by atoms with E-state index >= 15 is 0 Å². The predicted octanol–water partition coefficient (Wildman–Crippen LogP) is 4.11. The second-order valence-corrected chi connectivity index (χ2v) is 5.33. The maximum absolute atomic E-state index is 6.01. The number of hydrogen-bond donors (Lipinski definition) is 1. The topological polar surface area (TPSA) is 25.2 Å². The van der Waals surface area contributed by atoms with Crippen LogP contribution in [0.2, 0.25) is 0 Å². The third-order valence-electron chi connectivity index (χ3n) is 3.52. The van der Waals surface area contributed by atoms with Crippen molar-refractivity contribution in [3.63, 3.8) is 0 Å². The van der Waals surface area contributed by atoms with Gasteiger partial charge in [-0.2, -0.15) is 0 Å². The first-order chi connectivity index (χ1) is 8.52. The summed E-state index contributed by atoms with van der Waals surface area (Å²) in [6.45, 7) is 11.6. The van der Waals surface area contributed by atoms with Gasteiger partial charge in [0.2, 0.25) is 0 Å². The van der Waals surface area contributed by atoms with Crippen LogP contribution in [-0.4, -0.2) is 6.04 Å². The average Bonchev–Trinajstić information content (AvgIpc) is 2.64. The summed E-state index contributed by atoms with van der Waals surface area (Å²) in [5.74, 6) is 1.09. The van der Waals surface area contributed by atoms with Crippen molar-refractivity contribution < 1.29 is 4.42 Å². The van der Waals surface area contributed by atoms with Crippen molar-refractivity contribution in [3.05, 3.63) is 34.6 Å². The first-order valence-electron chi connectivity index (χ1n) is 6.77. The lowest BCUT2D eigenvalue weighted by Crippen LogP contribution is -2.22. The zero-order chi connectivity index (χ0) is 13.3. The minimum atomic E-state index is 0.478. The lowest BCUT2D eigenvalue weighted by Gasteiger charge is -2.06. The van der Waals surface area contributed by atoms with E-state index in [4.69, 9.17) is 4.42 Å². The van der Waals surface area contributed by atoms with Crippen LogP contribution < -0.4 is 5.32 Å². The average molecular weight is 245 g/mol. The standard InChI is InChI=1S/C16H23NO/c1-6-13-14-7-11(4)12(5)8-15(14)18-16(13)9-17-10(2)3/h7-8,10,17H,6,9H2,1-5H3. The van der Waals surface area contributed by atoms with Gasteiger partial charge in [0.25, 0.3) is 0 Å². The van der Waals surface area contributed by atoms with Crippen molar-refractivity contribution in [1.29, 1.82) is 0 Å². The molecule has 2 nitrogen and oxygen atoms in total. The van der Waals surface area contributed by atoms with Gasteiger partial charge in [-0.15, -0.1) is 0 Å². The molecule has 1 aromatic carbocycles. The van der Waals surface area contributed by atoms with E-state index in [0.29, 0.717) is 6.04 Å². The highest BCUT2D eigenvalue weighted by atomic mass is 16.3. The van der Waals surface area contributed by atoms with Crippen LogP contribution in [0.5, 0.6) is 0 Å². The Kier molecular flexibility index (Phi) is 3.76. The van der Waals surface area contributed by atoms with Crippen molar-refractivity contribution in [2.75, 3.05) is 0 Å². The van der Waals surface area contributed by atoms with Gasteiger partial charge in [-0.25, -0.2) is 0 Å². The molecule has 1 heterocycles. The summed E-state index contributed by atoms with van der Waals surface area (Å²) >= 11 is 0. The number of rotatable bonds is 4. The molecule has 0 spiro atoms. The first-order valence-corrected chi connectivity index (χ1v) is 6.77.